The van der Waals surface area contributed by atoms with Gasteiger partial charge in [0.25, 0.3) is 0 Å². The van der Waals surface area contributed by atoms with Crippen LogP contribution in [0.1, 0.15) is 17.2 Å². The van der Waals surface area contributed by atoms with Crippen LogP contribution in [0, 0.1) is 11.3 Å². The topological polar surface area (TPSA) is 128 Å². The van der Waals surface area contributed by atoms with E-state index >= 15 is 0 Å². The zero-order valence-electron chi connectivity index (χ0n) is 17.9. The van der Waals surface area contributed by atoms with Crippen molar-refractivity contribution in [1.82, 2.24) is 25.0 Å². The lowest BCUT2D eigenvalue weighted by Crippen LogP contribution is -2.48. The number of piperazine rings is 1. The number of benzene rings is 1. The second-order valence-electron chi connectivity index (χ2n) is 8.14. The molecule has 0 spiro atoms. The van der Waals surface area contributed by atoms with E-state index < -0.39 is 0 Å². The van der Waals surface area contributed by atoms with Gasteiger partial charge in [0.1, 0.15) is 0 Å². The summed E-state index contributed by atoms with van der Waals surface area (Å²) in [6.45, 7) is 1.38. The fourth-order valence-electron chi connectivity index (χ4n) is 4.49. The van der Waals surface area contributed by atoms with Gasteiger partial charge in [-0.25, -0.2) is 14.8 Å². The van der Waals surface area contributed by atoms with E-state index in [9.17, 15) is 14.9 Å². The number of carbonyl (C=O) groups is 2. The summed E-state index contributed by atoms with van der Waals surface area (Å²) in [5, 5.41) is 14.8. The summed E-state index contributed by atoms with van der Waals surface area (Å²) in [4.78, 5) is 39.2. The average Bonchev–Trinajstić information content (AvgIpc) is 3.43. The molecule has 1 aromatic carbocycles. The highest BCUT2D eigenvalue weighted by atomic mass is 16.2. The first-order valence-electron chi connectivity index (χ1n) is 10.8. The molecule has 3 amide bonds. The number of rotatable bonds is 3. The Bertz CT molecular complexity index is 1490. The van der Waals surface area contributed by atoms with Crippen molar-refractivity contribution >= 4 is 29.1 Å². The molecule has 0 bridgehead atoms. The van der Waals surface area contributed by atoms with E-state index in [1.807, 2.05) is 45.9 Å². The summed E-state index contributed by atoms with van der Waals surface area (Å²) in [7, 11) is 0. The number of fused-ring (bicyclic) bond motifs is 2. The summed E-state index contributed by atoms with van der Waals surface area (Å²) >= 11 is 0. The highest BCUT2D eigenvalue weighted by molar-refractivity contribution is 6.19. The molecule has 4 heterocycles. The molecule has 2 aliphatic heterocycles. The van der Waals surface area contributed by atoms with E-state index in [1.54, 1.807) is 18.3 Å². The molecule has 34 heavy (non-hydrogen) atoms. The number of aliphatic imine (C=N–C) groups is 1. The summed E-state index contributed by atoms with van der Waals surface area (Å²) < 4.78 is 1.98. The summed E-state index contributed by atoms with van der Waals surface area (Å²) in [5.41, 5.74) is 4.93. The fraction of sp³-hybridized carbons (Fsp3) is 0.167. The van der Waals surface area contributed by atoms with Crippen molar-refractivity contribution in [2.24, 2.45) is 4.99 Å². The van der Waals surface area contributed by atoms with Gasteiger partial charge in [0.15, 0.2) is 11.5 Å². The highest BCUT2D eigenvalue weighted by Crippen LogP contribution is 2.36. The van der Waals surface area contributed by atoms with E-state index in [4.69, 9.17) is 4.98 Å². The number of aromatic nitrogens is 3. The lowest BCUT2D eigenvalue weighted by Gasteiger charge is -2.27. The third-order valence-electron chi connectivity index (χ3n) is 6.05. The first kappa shape index (κ1) is 19.9. The lowest BCUT2D eigenvalue weighted by atomic mass is 9.93. The molecule has 0 radical (unpaired) electrons. The Hall–Kier alpha value is -4.78. The van der Waals surface area contributed by atoms with Gasteiger partial charge in [-0.2, -0.15) is 10.3 Å². The van der Waals surface area contributed by atoms with Crippen molar-refractivity contribution in [3.8, 4) is 17.3 Å². The molecule has 2 N–H and O–H groups in total. The molecule has 10 heteroatoms. The maximum absolute atomic E-state index is 12.0. The van der Waals surface area contributed by atoms with Crippen LogP contribution in [0.15, 0.2) is 65.6 Å². The molecule has 1 fully saturated rings. The molecule has 1 saturated heterocycles. The Labute approximate surface area is 193 Å². The Morgan fingerprint density at radius 1 is 1.18 bits per heavy atom. The van der Waals surface area contributed by atoms with Crippen LogP contribution in [0.4, 0.5) is 10.6 Å². The van der Waals surface area contributed by atoms with Gasteiger partial charge in [-0.05, 0) is 24.3 Å². The summed E-state index contributed by atoms with van der Waals surface area (Å²) in [6, 6.07) is 9.02. The second kappa shape index (κ2) is 7.67. The fourth-order valence-corrected chi connectivity index (χ4v) is 4.49. The predicted molar refractivity (Wildman–Crippen MR) is 124 cm³/mol. The number of nitrogens with one attached hydrogen (secondary N) is 2. The second-order valence-corrected chi connectivity index (χ2v) is 8.14. The van der Waals surface area contributed by atoms with Crippen LogP contribution in [0.5, 0.6) is 0 Å². The zero-order valence-corrected chi connectivity index (χ0v) is 17.9. The van der Waals surface area contributed by atoms with E-state index in [0.717, 1.165) is 17.0 Å². The molecule has 1 atom stereocenters. The van der Waals surface area contributed by atoms with E-state index in [2.05, 4.69) is 26.7 Å². The van der Waals surface area contributed by atoms with Gasteiger partial charge in [-0.15, -0.1) is 0 Å². The Kier molecular flexibility index (Phi) is 4.48. The van der Waals surface area contributed by atoms with Gasteiger partial charge in [-0.3, -0.25) is 9.20 Å². The maximum atomic E-state index is 12.0. The number of carbonyl (C=O) groups excluding carboxylic acids is 2. The van der Waals surface area contributed by atoms with Gasteiger partial charge < -0.3 is 15.5 Å². The molecule has 10 nitrogen and oxygen atoms in total. The monoisotopic (exact) mass is 450 g/mol. The number of amides is 3. The average molecular weight is 450 g/mol. The normalized spacial score (nSPS) is 19.3. The van der Waals surface area contributed by atoms with Gasteiger partial charge in [0.05, 0.1) is 41.0 Å². The number of imidazole rings is 1. The molecule has 1 aliphatic carbocycles. The number of anilines is 1. The van der Waals surface area contributed by atoms with Crippen molar-refractivity contribution < 1.29 is 9.59 Å². The number of hydrogen-bond acceptors (Lipinski definition) is 6. The number of nitrogens with zero attached hydrogens (tertiary/aromatic N) is 6. The van der Waals surface area contributed by atoms with E-state index in [-0.39, 0.29) is 24.4 Å². The van der Waals surface area contributed by atoms with Gasteiger partial charge in [-0.1, -0.05) is 18.2 Å². The smallest absolute Gasteiger partial charge is 0.346 e. The van der Waals surface area contributed by atoms with Crippen LogP contribution >= 0.6 is 0 Å². The molecule has 3 aromatic rings. The Morgan fingerprint density at radius 3 is 2.82 bits per heavy atom. The van der Waals surface area contributed by atoms with Crippen LogP contribution in [-0.4, -0.2) is 51.7 Å². The first-order valence-corrected chi connectivity index (χ1v) is 10.8. The zero-order chi connectivity index (χ0) is 23.2. The van der Waals surface area contributed by atoms with Crippen LogP contribution in [-0.2, 0) is 4.79 Å². The minimum absolute atomic E-state index is 0.0575. The largest absolute Gasteiger partial charge is 0.353 e. The summed E-state index contributed by atoms with van der Waals surface area (Å²) in [6.07, 6.45) is 9.31. The van der Waals surface area contributed by atoms with E-state index in [1.165, 1.54) is 0 Å². The minimum Gasteiger partial charge on any atom is -0.353 e. The molecule has 2 aromatic heterocycles. The minimum atomic E-state index is -0.383. The van der Waals surface area contributed by atoms with Crippen LogP contribution < -0.4 is 15.5 Å². The third kappa shape index (κ3) is 3.22. The van der Waals surface area contributed by atoms with Gasteiger partial charge >= 0.3 is 6.03 Å². The maximum Gasteiger partial charge on any atom is 0.346 e. The molecular formula is C24H18N8O2. The Morgan fingerprint density at radius 2 is 2.03 bits per heavy atom. The number of hydrogen-bond donors (Lipinski definition) is 2. The predicted octanol–water partition coefficient (Wildman–Crippen LogP) is 1.91. The summed E-state index contributed by atoms with van der Waals surface area (Å²) in [5.74, 6) is 0.369. The number of nitriles is 1. The molecular weight excluding hydrogens is 432 g/mol. The van der Waals surface area contributed by atoms with Crippen molar-refractivity contribution in [3.05, 3.63) is 71.8 Å². The SMILES string of the molecule is N#Cc1ccc(-c2nc3c(N4CCNC(=O)C4)nccn3c2C2C=CC3=NC(=O)NC3=C2)cc1. The van der Waals surface area contributed by atoms with Crippen molar-refractivity contribution in [2.45, 2.75) is 5.92 Å². The number of allylic oxidation sites excluding steroid dienone is 3. The van der Waals surface area contributed by atoms with E-state index in [0.29, 0.717) is 41.5 Å². The molecule has 166 valence electrons. The standard InChI is InChI=1S/C24H18N8O2/c25-12-14-1-3-15(4-2-14)20-21(16-5-6-17-18(11-16)29-24(34)28-17)32-10-8-27-22(23(32)30-20)31-9-7-26-19(33)13-31/h1-6,8,10-11,16H,7,9,13H2,(H,26,33)(H,29,34). The van der Waals surface area contributed by atoms with Crippen molar-refractivity contribution in [1.29, 1.82) is 5.26 Å². The molecule has 6 rings (SSSR count). The third-order valence-corrected chi connectivity index (χ3v) is 6.05. The van der Waals surface area contributed by atoms with Gasteiger partial charge in [0, 0.05) is 37.0 Å². The van der Waals surface area contributed by atoms with Crippen LogP contribution in [0.2, 0.25) is 0 Å². The van der Waals surface area contributed by atoms with Crippen molar-refractivity contribution in [3.63, 3.8) is 0 Å². The lowest BCUT2D eigenvalue weighted by molar-refractivity contribution is -0.120. The van der Waals surface area contributed by atoms with Crippen LogP contribution in [0.25, 0.3) is 16.9 Å². The first-order chi connectivity index (χ1) is 16.6. The van der Waals surface area contributed by atoms with Crippen LogP contribution in [0.3, 0.4) is 0 Å². The molecule has 1 unspecified atom stereocenters. The van der Waals surface area contributed by atoms with Gasteiger partial charge in [0.2, 0.25) is 5.91 Å². The highest BCUT2D eigenvalue weighted by Gasteiger charge is 2.29. The Balaban J connectivity index is 1.54. The molecule has 3 aliphatic rings. The van der Waals surface area contributed by atoms with Crippen molar-refractivity contribution in [2.75, 3.05) is 24.5 Å². The quantitative estimate of drug-likeness (QED) is 0.627. The molecule has 0 saturated carbocycles. The number of urea groups is 1.